The fourth-order valence-corrected chi connectivity index (χ4v) is 3.54. The molecule has 1 aromatic heterocycles. The van der Waals surface area contributed by atoms with Gasteiger partial charge in [0, 0.05) is 10.6 Å². The summed E-state index contributed by atoms with van der Waals surface area (Å²) in [4.78, 5) is 12.5. The van der Waals surface area contributed by atoms with E-state index in [1.165, 1.54) is 11.8 Å². The third-order valence-corrected chi connectivity index (χ3v) is 5.44. The minimum atomic E-state index is -0.581. The molecule has 2 heterocycles. The number of hydrogen-bond donors (Lipinski definition) is 1. The van der Waals surface area contributed by atoms with Crippen molar-refractivity contribution in [1.29, 1.82) is 0 Å². The summed E-state index contributed by atoms with van der Waals surface area (Å²) in [6, 6.07) is 12.7. The van der Waals surface area contributed by atoms with Gasteiger partial charge in [-0.1, -0.05) is 29.4 Å². The van der Waals surface area contributed by atoms with Crippen molar-refractivity contribution < 1.29 is 18.7 Å². The van der Waals surface area contributed by atoms with E-state index in [9.17, 15) is 4.79 Å². The van der Waals surface area contributed by atoms with Crippen LogP contribution in [-0.2, 0) is 10.3 Å². The van der Waals surface area contributed by atoms with E-state index in [-0.39, 0.29) is 18.5 Å². The Kier molecular flexibility index (Phi) is 5.38. The molecule has 0 aliphatic carbocycles. The number of amides is 1. The summed E-state index contributed by atoms with van der Waals surface area (Å²) in [6.45, 7) is 4.07. The molecule has 29 heavy (non-hydrogen) atoms. The lowest BCUT2D eigenvalue weighted by Gasteiger charge is -2.27. The van der Waals surface area contributed by atoms with Crippen LogP contribution in [0.4, 0.5) is 0 Å². The van der Waals surface area contributed by atoms with Crippen LogP contribution in [0.1, 0.15) is 19.4 Å². The first-order valence-corrected chi connectivity index (χ1v) is 10.2. The van der Waals surface area contributed by atoms with Crippen LogP contribution in [0.15, 0.2) is 52.1 Å². The number of aromatic nitrogens is 2. The Hall–Kier alpha value is -2.71. The summed E-state index contributed by atoms with van der Waals surface area (Å²) in [6.07, 6.45) is 0. The quantitative estimate of drug-likeness (QED) is 0.583. The van der Waals surface area contributed by atoms with Crippen molar-refractivity contribution >= 4 is 29.3 Å². The topological polar surface area (TPSA) is 86.5 Å². The van der Waals surface area contributed by atoms with Gasteiger partial charge in [-0.05, 0) is 55.8 Å². The molecule has 7 nitrogen and oxygen atoms in total. The fourth-order valence-electron chi connectivity index (χ4n) is 2.85. The first-order valence-electron chi connectivity index (χ1n) is 8.84. The Balaban J connectivity index is 1.35. The van der Waals surface area contributed by atoms with E-state index in [0.29, 0.717) is 27.6 Å². The Bertz CT molecular complexity index is 1040. The highest BCUT2D eigenvalue weighted by Gasteiger charge is 2.26. The molecule has 1 amide bonds. The van der Waals surface area contributed by atoms with E-state index in [1.54, 1.807) is 24.3 Å². The molecule has 4 rings (SSSR count). The molecule has 0 bridgehead atoms. The van der Waals surface area contributed by atoms with Gasteiger partial charge < -0.3 is 19.2 Å². The number of fused-ring (bicyclic) bond motifs is 1. The summed E-state index contributed by atoms with van der Waals surface area (Å²) in [5, 5.41) is 12.0. The summed E-state index contributed by atoms with van der Waals surface area (Å²) < 4.78 is 16.4. The van der Waals surface area contributed by atoms with Crippen molar-refractivity contribution in [1.82, 2.24) is 15.5 Å². The van der Waals surface area contributed by atoms with Crippen molar-refractivity contribution in [3.63, 3.8) is 0 Å². The average Bonchev–Trinajstić information content (AvgIpc) is 3.35. The van der Waals surface area contributed by atoms with Crippen molar-refractivity contribution in [2.45, 2.75) is 24.6 Å². The number of rotatable bonds is 6. The van der Waals surface area contributed by atoms with Gasteiger partial charge in [0.1, 0.15) is 0 Å². The fraction of sp³-hybridized carbons (Fsp3) is 0.250. The highest BCUT2D eigenvalue weighted by atomic mass is 35.5. The molecule has 1 aliphatic rings. The molecule has 0 spiro atoms. The normalized spacial score (nSPS) is 12.8. The summed E-state index contributed by atoms with van der Waals surface area (Å²) in [5.41, 5.74) is 1.10. The molecule has 0 saturated carbocycles. The maximum atomic E-state index is 12.5. The predicted octanol–water partition coefficient (Wildman–Crippen LogP) is 4.26. The van der Waals surface area contributed by atoms with Crippen LogP contribution < -0.4 is 14.8 Å². The molecular formula is C20H18ClN3O4S. The van der Waals surface area contributed by atoms with E-state index >= 15 is 0 Å². The van der Waals surface area contributed by atoms with Gasteiger partial charge in [-0.15, -0.1) is 10.2 Å². The lowest BCUT2D eigenvalue weighted by Crippen LogP contribution is -2.41. The van der Waals surface area contributed by atoms with Crippen LogP contribution in [0.3, 0.4) is 0 Å². The number of carbonyl (C=O) groups is 1. The Morgan fingerprint density at radius 3 is 2.69 bits per heavy atom. The number of nitrogens with one attached hydrogen (secondary N) is 1. The second-order valence-corrected chi connectivity index (χ2v) is 8.27. The number of benzene rings is 2. The third-order valence-electron chi connectivity index (χ3n) is 4.37. The molecule has 0 atom stereocenters. The maximum Gasteiger partial charge on any atom is 0.277 e. The van der Waals surface area contributed by atoms with Crippen LogP contribution in [0.2, 0.25) is 5.02 Å². The summed E-state index contributed by atoms with van der Waals surface area (Å²) in [7, 11) is 0. The molecule has 1 aliphatic heterocycles. The zero-order chi connectivity index (χ0) is 20.4. The SMILES string of the molecule is CC(C)(NC(=O)CSc1nnc(-c2ccc(Cl)cc2)o1)c1ccc2c(c1)OCO2. The van der Waals surface area contributed by atoms with Gasteiger partial charge in [0.15, 0.2) is 11.5 Å². The smallest absolute Gasteiger partial charge is 0.277 e. The van der Waals surface area contributed by atoms with Crippen LogP contribution in [0.5, 0.6) is 11.5 Å². The summed E-state index contributed by atoms with van der Waals surface area (Å²) in [5.74, 6) is 1.77. The lowest BCUT2D eigenvalue weighted by molar-refractivity contribution is -0.120. The van der Waals surface area contributed by atoms with Crippen molar-refractivity contribution in [2.75, 3.05) is 12.5 Å². The second kappa shape index (κ2) is 7.96. The van der Waals surface area contributed by atoms with Crippen LogP contribution >= 0.6 is 23.4 Å². The molecule has 2 aromatic carbocycles. The van der Waals surface area contributed by atoms with Crippen LogP contribution in [0.25, 0.3) is 11.5 Å². The van der Waals surface area contributed by atoms with Crippen LogP contribution in [0, 0.1) is 0 Å². The molecule has 0 saturated heterocycles. The van der Waals surface area contributed by atoms with E-state index in [2.05, 4.69) is 15.5 Å². The predicted molar refractivity (Wildman–Crippen MR) is 109 cm³/mol. The number of hydrogen-bond acceptors (Lipinski definition) is 7. The standard InChI is InChI=1S/C20H18ClN3O4S/c1-20(2,13-5-8-15-16(9-13)27-11-26-15)22-17(25)10-29-19-24-23-18(28-19)12-3-6-14(21)7-4-12/h3-9H,10-11H2,1-2H3,(H,22,25). The van der Waals surface area contributed by atoms with Gasteiger partial charge in [-0.25, -0.2) is 0 Å². The van der Waals surface area contributed by atoms with Gasteiger partial charge >= 0.3 is 0 Å². The summed E-state index contributed by atoms with van der Waals surface area (Å²) >= 11 is 7.07. The third kappa shape index (κ3) is 4.49. The Morgan fingerprint density at radius 1 is 1.14 bits per heavy atom. The van der Waals surface area contributed by atoms with Gasteiger partial charge in [0.25, 0.3) is 5.22 Å². The van der Waals surface area contributed by atoms with Crippen molar-refractivity contribution in [2.24, 2.45) is 0 Å². The highest BCUT2D eigenvalue weighted by Crippen LogP contribution is 2.35. The van der Waals surface area contributed by atoms with Gasteiger partial charge in [-0.3, -0.25) is 4.79 Å². The number of nitrogens with zero attached hydrogens (tertiary/aromatic N) is 2. The minimum Gasteiger partial charge on any atom is -0.454 e. The average molecular weight is 432 g/mol. The van der Waals surface area contributed by atoms with E-state index in [4.69, 9.17) is 25.5 Å². The number of halogens is 1. The van der Waals surface area contributed by atoms with E-state index < -0.39 is 5.54 Å². The van der Waals surface area contributed by atoms with Gasteiger partial charge in [-0.2, -0.15) is 0 Å². The number of thioether (sulfide) groups is 1. The molecule has 0 radical (unpaired) electrons. The lowest BCUT2D eigenvalue weighted by atomic mass is 9.94. The Labute approximate surface area is 176 Å². The van der Waals surface area contributed by atoms with Gasteiger partial charge in [0.05, 0.1) is 11.3 Å². The first kappa shape index (κ1) is 19.6. The highest BCUT2D eigenvalue weighted by molar-refractivity contribution is 7.99. The zero-order valence-corrected chi connectivity index (χ0v) is 17.3. The molecule has 150 valence electrons. The van der Waals surface area contributed by atoms with E-state index in [0.717, 1.165) is 11.1 Å². The number of carbonyl (C=O) groups excluding carboxylic acids is 1. The zero-order valence-electron chi connectivity index (χ0n) is 15.8. The maximum absolute atomic E-state index is 12.5. The monoisotopic (exact) mass is 431 g/mol. The first-order chi connectivity index (χ1) is 13.9. The van der Waals surface area contributed by atoms with E-state index in [1.807, 2.05) is 32.0 Å². The minimum absolute atomic E-state index is 0.149. The van der Waals surface area contributed by atoms with Gasteiger partial charge in [0.2, 0.25) is 18.6 Å². The molecular weight excluding hydrogens is 414 g/mol. The second-order valence-electron chi connectivity index (χ2n) is 6.91. The van der Waals surface area contributed by atoms with Crippen molar-refractivity contribution in [3.8, 4) is 23.0 Å². The molecule has 0 fully saturated rings. The van der Waals surface area contributed by atoms with Crippen LogP contribution in [-0.4, -0.2) is 28.7 Å². The molecule has 9 heteroatoms. The Morgan fingerprint density at radius 2 is 1.90 bits per heavy atom. The largest absolute Gasteiger partial charge is 0.454 e. The molecule has 0 unspecified atom stereocenters. The molecule has 3 aromatic rings. The molecule has 1 N–H and O–H groups in total. The van der Waals surface area contributed by atoms with Crippen molar-refractivity contribution in [3.05, 3.63) is 53.1 Å². The number of ether oxygens (including phenoxy) is 2.